The first kappa shape index (κ1) is 13.5. The van der Waals surface area contributed by atoms with Crippen molar-refractivity contribution in [2.24, 2.45) is 0 Å². The maximum Gasteiger partial charge on any atom is 0.339 e. The summed E-state index contributed by atoms with van der Waals surface area (Å²) >= 11 is 0. The van der Waals surface area contributed by atoms with Crippen molar-refractivity contribution in [1.29, 1.82) is 0 Å². The van der Waals surface area contributed by atoms with E-state index in [9.17, 15) is 9.90 Å². The van der Waals surface area contributed by atoms with Gasteiger partial charge in [-0.1, -0.05) is 19.1 Å². The molecule has 0 saturated heterocycles. The molecule has 4 nitrogen and oxygen atoms in total. The number of carboxylic acid groups (broad SMARTS) is 1. The van der Waals surface area contributed by atoms with E-state index in [1.165, 1.54) is 6.07 Å². The molecular formula is C13H18O4. The molecule has 2 N–H and O–H groups in total. The van der Waals surface area contributed by atoms with Crippen molar-refractivity contribution in [3.05, 3.63) is 29.3 Å². The molecule has 0 bridgehead atoms. The first-order chi connectivity index (χ1) is 7.87. The van der Waals surface area contributed by atoms with Crippen molar-refractivity contribution in [3.8, 4) is 5.75 Å². The molecule has 0 radical (unpaired) electrons. The summed E-state index contributed by atoms with van der Waals surface area (Å²) in [6.07, 6.45) is 0.543. The molecule has 0 aliphatic rings. The molecule has 0 aromatic heterocycles. The third-order valence-electron chi connectivity index (χ3n) is 2.73. The summed E-state index contributed by atoms with van der Waals surface area (Å²) in [4.78, 5) is 11.0. The number of hydrogen-bond donors (Lipinski definition) is 2. The average Bonchev–Trinajstić information content (AvgIpc) is 2.27. The van der Waals surface area contributed by atoms with Crippen molar-refractivity contribution in [3.63, 3.8) is 0 Å². The predicted molar refractivity (Wildman–Crippen MR) is 64.5 cm³/mol. The second-order valence-corrected chi connectivity index (χ2v) is 4.40. The minimum atomic E-state index is -1.03. The fraction of sp³-hybridized carbons (Fsp3) is 0.462. The molecule has 4 heteroatoms. The third-order valence-corrected chi connectivity index (χ3v) is 2.73. The minimum absolute atomic E-state index is 0.0780. The molecule has 0 heterocycles. The Morgan fingerprint density at radius 2 is 2.12 bits per heavy atom. The van der Waals surface area contributed by atoms with Gasteiger partial charge in [-0.25, -0.2) is 4.79 Å². The second kappa shape index (κ2) is 5.19. The highest BCUT2D eigenvalue weighted by atomic mass is 16.5. The molecule has 0 amide bonds. The predicted octanol–water partition coefficient (Wildman–Crippen LogP) is 2.23. The number of rotatable bonds is 5. The Kier molecular flexibility index (Phi) is 4.12. The number of hydrogen-bond acceptors (Lipinski definition) is 3. The smallest absolute Gasteiger partial charge is 0.339 e. The van der Waals surface area contributed by atoms with Crippen LogP contribution in [0.5, 0.6) is 5.75 Å². The van der Waals surface area contributed by atoms with Crippen molar-refractivity contribution >= 4 is 5.97 Å². The molecule has 1 aromatic carbocycles. The van der Waals surface area contributed by atoms with Gasteiger partial charge in [0.05, 0.1) is 5.60 Å². The molecule has 0 aliphatic heterocycles. The Balaban J connectivity index is 2.94. The van der Waals surface area contributed by atoms with Gasteiger partial charge in [0.15, 0.2) is 0 Å². The average molecular weight is 238 g/mol. The molecule has 1 rings (SSSR count). The molecule has 1 atom stereocenters. The SMILES string of the molecule is CCC(C)(O)COc1c(C)cccc1C(=O)O. The van der Waals surface area contributed by atoms with E-state index >= 15 is 0 Å². The summed E-state index contributed by atoms with van der Waals surface area (Å²) in [6.45, 7) is 5.36. The summed E-state index contributed by atoms with van der Waals surface area (Å²) in [7, 11) is 0. The van der Waals surface area contributed by atoms with Crippen LogP contribution in [0.3, 0.4) is 0 Å². The monoisotopic (exact) mass is 238 g/mol. The number of aromatic carboxylic acids is 1. The van der Waals surface area contributed by atoms with Crippen LogP contribution in [0.15, 0.2) is 18.2 Å². The van der Waals surface area contributed by atoms with Crippen molar-refractivity contribution in [2.45, 2.75) is 32.8 Å². The molecule has 94 valence electrons. The van der Waals surface area contributed by atoms with Crippen molar-refractivity contribution < 1.29 is 19.7 Å². The Hall–Kier alpha value is -1.55. The summed E-state index contributed by atoms with van der Waals surface area (Å²) in [5, 5.41) is 18.9. The molecular weight excluding hydrogens is 220 g/mol. The number of aryl methyl sites for hydroxylation is 1. The first-order valence-electron chi connectivity index (χ1n) is 5.55. The Morgan fingerprint density at radius 3 is 2.65 bits per heavy atom. The van der Waals surface area contributed by atoms with Crippen LogP contribution in [0.25, 0.3) is 0 Å². The van der Waals surface area contributed by atoms with Crippen LogP contribution in [0.1, 0.15) is 36.2 Å². The van der Waals surface area contributed by atoms with E-state index in [0.29, 0.717) is 12.2 Å². The zero-order valence-corrected chi connectivity index (χ0v) is 10.4. The standard InChI is InChI=1S/C13H18O4/c1-4-13(3,16)8-17-11-9(2)6-5-7-10(11)12(14)15/h5-7,16H,4,8H2,1-3H3,(H,14,15). The molecule has 0 aliphatic carbocycles. The summed E-state index contributed by atoms with van der Waals surface area (Å²) in [5.74, 6) is -0.700. The molecule has 1 aromatic rings. The Labute approximate surface area is 101 Å². The Morgan fingerprint density at radius 1 is 1.47 bits per heavy atom. The number of aliphatic hydroxyl groups is 1. The van der Waals surface area contributed by atoms with Gasteiger partial charge in [0.25, 0.3) is 0 Å². The van der Waals surface area contributed by atoms with Gasteiger partial charge in [0.2, 0.25) is 0 Å². The molecule has 0 saturated carbocycles. The van der Waals surface area contributed by atoms with Crippen LogP contribution in [-0.4, -0.2) is 28.4 Å². The van der Waals surface area contributed by atoms with Crippen molar-refractivity contribution in [2.75, 3.05) is 6.61 Å². The molecule has 0 fully saturated rings. The van der Waals surface area contributed by atoms with Crippen LogP contribution < -0.4 is 4.74 Å². The third kappa shape index (κ3) is 3.46. The zero-order chi connectivity index (χ0) is 13.1. The van der Waals surface area contributed by atoms with Gasteiger partial charge >= 0.3 is 5.97 Å². The van der Waals surface area contributed by atoms with Crippen LogP contribution in [-0.2, 0) is 0 Å². The van der Waals surface area contributed by atoms with Gasteiger partial charge in [0, 0.05) is 0 Å². The highest BCUT2D eigenvalue weighted by molar-refractivity contribution is 5.91. The van der Waals surface area contributed by atoms with E-state index in [0.717, 1.165) is 5.56 Å². The maximum atomic E-state index is 11.0. The summed E-state index contributed by atoms with van der Waals surface area (Å²) in [6, 6.07) is 4.94. The van der Waals surface area contributed by atoms with E-state index in [1.807, 2.05) is 6.92 Å². The number of carbonyl (C=O) groups is 1. The summed E-state index contributed by atoms with van der Waals surface area (Å²) in [5.41, 5.74) is -0.0772. The van der Waals surface area contributed by atoms with E-state index in [1.54, 1.807) is 26.0 Å². The lowest BCUT2D eigenvalue weighted by molar-refractivity contribution is 0.00769. The first-order valence-corrected chi connectivity index (χ1v) is 5.55. The minimum Gasteiger partial charge on any atom is -0.489 e. The van der Waals surface area contributed by atoms with Gasteiger partial charge in [-0.05, 0) is 31.9 Å². The van der Waals surface area contributed by atoms with Crippen LogP contribution >= 0.6 is 0 Å². The van der Waals surface area contributed by atoms with E-state index in [-0.39, 0.29) is 12.2 Å². The topological polar surface area (TPSA) is 66.8 Å². The highest BCUT2D eigenvalue weighted by Crippen LogP contribution is 2.24. The quantitative estimate of drug-likeness (QED) is 0.825. The highest BCUT2D eigenvalue weighted by Gasteiger charge is 2.21. The van der Waals surface area contributed by atoms with E-state index in [2.05, 4.69) is 0 Å². The second-order valence-electron chi connectivity index (χ2n) is 4.40. The fourth-order valence-corrected chi connectivity index (χ4v) is 1.34. The molecule has 0 spiro atoms. The van der Waals surface area contributed by atoms with Crippen LogP contribution in [0, 0.1) is 6.92 Å². The normalized spacial score (nSPS) is 14.1. The van der Waals surface area contributed by atoms with Gasteiger partial charge in [-0.15, -0.1) is 0 Å². The maximum absolute atomic E-state index is 11.0. The lowest BCUT2D eigenvalue weighted by Gasteiger charge is -2.22. The van der Waals surface area contributed by atoms with Gasteiger partial charge in [-0.3, -0.25) is 0 Å². The number of ether oxygens (including phenoxy) is 1. The van der Waals surface area contributed by atoms with Gasteiger partial charge in [0.1, 0.15) is 17.9 Å². The molecule has 1 unspecified atom stereocenters. The zero-order valence-electron chi connectivity index (χ0n) is 10.4. The van der Waals surface area contributed by atoms with E-state index < -0.39 is 11.6 Å². The lowest BCUT2D eigenvalue weighted by Crippen LogP contribution is -2.31. The Bertz CT molecular complexity index is 410. The largest absolute Gasteiger partial charge is 0.489 e. The summed E-state index contributed by atoms with van der Waals surface area (Å²) < 4.78 is 5.45. The van der Waals surface area contributed by atoms with Crippen LogP contribution in [0.2, 0.25) is 0 Å². The number of benzene rings is 1. The van der Waals surface area contributed by atoms with Gasteiger partial charge in [-0.2, -0.15) is 0 Å². The van der Waals surface area contributed by atoms with Gasteiger partial charge < -0.3 is 14.9 Å². The molecule has 17 heavy (non-hydrogen) atoms. The number of carboxylic acids is 1. The van der Waals surface area contributed by atoms with Crippen molar-refractivity contribution in [1.82, 2.24) is 0 Å². The fourth-order valence-electron chi connectivity index (χ4n) is 1.34. The number of para-hydroxylation sites is 1. The lowest BCUT2D eigenvalue weighted by atomic mass is 10.1. The van der Waals surface area contributed by atoms with Crippen LogP contribution in [0.4, 0.5) is 0 Å². The van der Waals surface area contributed by atoms with E-state index in [4.69, 9.17) is 9.84 Å².